The number of aryl methyl sites for hydroxylation is 1. The average molecular weight is 421 g/mol. The summed E-state index contributed by atoms with van der Waals surface area (Å²) in [5.41, 5.74) is -0.0959. The summed E-state index contributed by atoms with van der Waals surface area (Å²) in [5.74, 6) is -0.702. The van der Waals surface area contributed by atoms with Gasteiger partial charge in [0, 0.05) is 19.0 Å². The van der Waals surface area contributed by atoms with Crippen molar-refractivity contribution in [3.8, 4) is 11.5 Å². The maximum atomic E-state index is 12.6. The Morgan fingerprint density at radius 1 is 1.14 bits per heavy atom. The lowest BCUT2D eigenvalue weighted by atomic mass is 10.1. The number of aromatic hydroxyl groups is 1. The van der Waals surface area contributed by atoms with Gasteiger partial charge in [-0.05, 0) is 24.6 Å². The Morgan fingerprint density at radius 2 is 1.82 bits per heavy atom. The summed E-state index contributed by atoms with van der Waals surface area (Å²) in [6, 6.07) is 12.0. The summed E-state index contributed by atoms with van der Waals surface area (Å²) in [7, 11) is 1.54. The first-order valence-corrected chi connectivity index (χ1v) is 9.33. The van der Waals surface area contributed by atoms with Crippen LogP contribution < -0.4 is 15.6 Å². The molecule has 6 nitrogen and oxygen atoms in total. The van der Waals surface area contributed by atoms with E-state index in [4.69, 9.17) is 27.9 Å². The van der Waals surface area contributed by atoms with Gasteiger partial charge >= 0.3 is 0 Å². The number of amides is 1. The number of fused-ring (bicyclic) bond motifs is 1. The molecule has 1 aromatic heterocycles. The fourth-order valence-electron chi connectivity index (χ4n) is 2.87. The van der Waals surface area contributed by atoms with Crippen molar-refractivity contribution >= 4 is 40.0 Å². The number of benzene rings is 2. The maximum absolute atomic E-state index is 12.6. The zero-order valence-electron chi connectivity index (χ0n) is 15.0. The zero-order chi connectivity index (χ0) is 20.3. The van der Waals surface area contributed by atoms with Crippen molar-refractivity contribution in [1.29, 1.82) is 0 Å². The third-order valence-corrected chi connectivity index (χ3v) is 4.87. The van der Waals surface area contributed by atoms with Crippen LogP contribution in [0.3, 0.4) is 0 Å². The highest BCUT2D eigenvalue weighted by molar-refractivity contribution is 6.37. The molecule has 0 saturated carbocycles. The van der Waals surface area contributed by atoms with Crippen LogP contribution in [0.15, 0.2) is 47.3 Å². The quantitative estimate of drug-likeness (QED) is 0.595. The van der Waals surface area contributed by atoms with Gasteiger partial charge in [-0.2, -0.15) is 0 Å². The smallest absolute Gasteiger partial charge is 0.293 e. The average Bonchev–Trinajstić information content (AvgIpc) is 2.68. The van der Waals surface area contributed by atoms with E-state index in [1.165, 1.54) is 4.57 Å². The third kappa shape index (κ3) is 3.93. The predicted octanol–water partition coefficient (Wildman–Crippen LogP) is 3.75. The van der Waals surface area contributed by atoms with Crippen LogP contribution in [0, 0.1) is 0 Å². The molecule has 0 fully saturated rings. The topological polar surface area (TPSA) is 80.6 Å². The second-order valence-electron chi connectivity index (χ2n) is 6.11. The Hall–Kier alpha value is -2.70. The van der Waals surface area contributed by atoms with E-state index in [9.17, 15) is 14.7 Å². The van der Waals surface area contributed by atoms with E-state index in [2.05, 4.69) is 5.32 Å². The number of hydrogen-bond donors (Lipinski definition) is 2. The first-order chi connectivity index (χ1) is 13.4. The van der Waals surface area contributed by atoms with Gasteiger partial charge in [-0.15, -0.1) is 0 Å². The normalized spacial score (nSPS) is 10.8. The highest BCUT2D eigenvalue weighted by atomic mass is 35.5. The highest BCUT2D eigenvalue weighted by Crippen LogP contribution is 2.32. The van der Waals surface area contributed by atoms with Gasteiger partial charge < -0.3 is 19.7 Å². The van der Waals surface area contributed by atoms with Crippen LogP contribution in [-0.4, -0.2) is 28.7 Å². The summed E-state index contributed by atoms with van der Waals surface area (Å²) >= 11 is 12.1. The van der Waals surface area contributed by atoms with E-state index in [0.29, 0.717) is 33.1 Å². The second-order valence-corrected chi connectivity index (χ2v) is 6.93. The first kappa shape index (κ1) is 20.0. The Kier molecular flexibility index (Phi) is 6.11. The fraction of sp³-hybridized carbons (Fsp3) is 0.200. The number of rotatable bonds is 6. The summed E-state index contributed by atoms with van der Waals surface area (Å²) in [5, 5.41) is 14.2. The minimum Gasteiger partial charge on any atom is -0.502 e. The van der Waals surface area contributed by atoms with E-state index in [-0.39, 0.29) is 18.7 Å². The van der Waals surface area contributed by atoms with Crippen LogP contribution in [0.4, 0.5) is 0 Å². The van der Waals surface area contributed by atoms with Gasteiger partial charge in [-0.1, -0.05) is 47.5 Å². The van der Waals surface area contributed by atoms with Crippen molar-refractivity contribution in [3.05, 3.63) is 68.4 Å². The first-order valence-electron chi connectivity index (χ1n) is 8.57. The van der Waals surface area contributed by atoms with Crippen molar-refractivity contribution < 1.29 is 14.6 Å². The molecule has 0 aliphatic rings. The third-order valence-electron chi connectivity index (χ3n) is 4.28. The number of carbonyl (C=O) groups excluding carboxylic acids is 1. The van der Waals surface area contributed by atoms with Gasteiger partial charge in [0.25, 0.3) is 11.5 Å². The van der Waals surface area contributed by atoms with Crippen molar-refractivity contribution in [2.24, 2.45) is 7.05 Å². The Balaban J connectivity index is 1.67. The highest BCUT2D eigenvalue weighted by Gasteiger charge is 2.20. The van der Waals surface area contributed by atoms with Crippen molar-refractivity contribution in [1.82, 2.24) is 9.88 Å². The monoisotopic (exact) mass is 420 g/mol. The molecule has 0 atom stereocenters. The number of nitrogens with one attached hydrogen (secondary N) is 1. The van der Waals surface area contributed by atoms with Crippen molar-refractivity contribution in [3.63, 3.8) is 0 Å². The molecular formula is C20H18Cl2N2O4. The molecule has 2 aromatic carbocycles. The minimum absolute atomic E-state index is 0.0335. The van der Waals surface area contributed by atoms with Gasteiger partial charge in [0.2, 0.25) is 0 Å². The number of nitrogens with zero attached hydrogens (tertiary/aromatic N) is 1. The van der Waals surface area contributed by atoms with E-state index in [1.54, 1.807) is 49.5 Å². The molecule has 3 aromatic rings. The number of ether oxygens (including phenoxy) is 1. The number of para-hydroxylation sites is 2. The Bertz CT molecular complexity index is 1080. The number of aromatic nitrogens is 1. The Labute approximate surface area is 171 Å². The lowest BCUT2D eigenvalue weighted by Gasteiger charge is -2.13. The van der Waals surface area contributed by atoms with E-state index >= 15 is 0 Å². The molecular weight excluding hydrogens is 403 g/mol. The summed E-state index contributed by atoms with van der Waals surface area (Å²) in [6.45, 7) is 0.566. The van der Waals surface area contributed by atoms with E-state index < -0.39 is 17.2 Å². The van der Waals surface area contributed by atoms with Crippen LogP contribution in [-0.2, 0) is 7.05 Å². The van der Waals surface area contributed by atoms with Crippen LogP contribution in [0.1, 0.15) is 16.8 Å². The second kappa shape index (κ2) is 8.54. The standard InChI is InChI=1S/C20H18Cl2N2O4/c1-24-15-9-3-2-6-12(15)16(17(25)20(24)27)19(26)23-10-5-11-28-18-13(21)7-4-8-14(18)22/h2-4,6-9,25H,5,10-11H2,1H3,(H,23,26). The molecule has 0 spiro atoms. The number of hydrogen-bond acceptors (Lipinski definition) is 4. The largest absolute Gasteiger partial charge is 0.502 e. The molecule has 1 amide bonds. The van der Waals surface area contributed by atoms with Crippen LogP contribution in [0.25, 0.3) is 10.9 Å². The molecule has 0 saturated heterocycles. The SMILES string of the molecule is Cn1c(=O)c(O)c(C(=O)NCCCOc2c(Cl)cccc2Cl)c2ccccc21. The molecule has 28 heavy (non-hydrogen) atoms. The fourth-order valence-corrected chi connectivity index (χ4v) is 3.37. The van der Waals surface area contributed by atoms with Gasteiger partial charge in [-0.25, -0.2) is 0 Å². The zero-order valence-corrected chi connectivity index (χ0v) is 16.5. The molecule has 1 heterocycles. The molecule has 0 unspecified atom stereocenters. The molecule has 0 bridgehead atoms. The molecule has 146 valence electrons. The molecule has 8 heteroatoms. The van der Waals surface area contributed by atoms with Gasteiger partial charge in [0.15, 0.2) is 11.5 Å². The van der Waals surface area contributed by atoms with Crippen LogP contribution >= 0.6 is 23.2 Å². The summed E-state index contributed by atoms with van der Waals surface area (Å²) < 4.78 is 6.87. The Morgan fingerprint density at radius 3 is 2.54 bits per heavy atom. The van der Waals surface area contributed by atoms with Gasteiger partial charge in [0.05, 0.1) is 27.7 Å². The van der Waals surface area contributed by atoms with E-state index in [0.717, 1.165) is 0 Å². The van der Waals surface area contributed by atoms with Crippen molar-refractivity contribution in [2.75, 3.05) is 13.2 Å². The van der Waals surface area contributed by atoms with Crippen LogP contribution in [0.5, 0.6) is 11.5 Å². The summed E-state index contributed by atoms with van der Waals surface area (Å²) in [6.07, 6.45) is 0.483. The minimum atomic E-state index is -0.624. The molecule has 0 aliphatic carbocycles. The van der Waals surface area contributed by atoms with Crippen LogP contribution in [0.2, 0.25) is 10.0 Å². The van der Waals surface area contributed by atoms with Crippen molar-refractivity contribution in [2.45, 2.75) is 6.42 Å². The molecule has 0 radical (unpaired) electrons. The summed E-state index contributed by atoms with van der Waals surface area (Å²) in [4.78, 5) is 24.8. The number of carbonyl (C=O) groups is 1. The number of halogens is 2. The maximum Gasteiger partial charge on any atom is 0.293 e. The van der Waals surface area contributed by atoms with E-state index in [1.807, 2.05) is 0 Å². The molecule has 3 rings (SSSR count). The molecule has 2 N–H and O–H groups in total. The molecule has 0 aliphatic heterocycles. The number of pyridine rings is 1. The lowest BCUT2D eigenvalue weighted by Crippen LogP contribution is -2.28. The predicted molar refractivity (Wildman–Crippen MR) is 110 cm³/mol. The van der Waals surface area contributed by atoms with Gasteiger partial charge in [0.1, 0.15) is 0 Å². The van der Waals surface area contributed by atoms with Gasteiger partial charge in [-0.3, -0.25) is 9.59 Å². The lowest BCUT2D eigenvalue weighted by molar-refractivity contribution is 0.0950.